The summed E-state index contributed by atoms with van der Waals surface area (Å²) in [5.74, 6) is -1.11. The van der Waals surface area contributed by atoms with E-state index in [1.54, 1.807) is 30.3 Å². The Bertz CT molecular complexity index is 1300. The fourth-order valence-electron chi connectivity index (χ4n) is 3.97. The first-order valence-corrected chi connectivity index (χ1v) is 12.3. The molecule has 3 aromatic carbocycles. The first-order valence-electron chi connectivity index (χ1n) is 10.8. The zero-order valence-electron chi connectivity index (χ0n) is 18.6. The molecule has 0 bridgehead atoms. The minimum atomic E-state index is -3.82. The van der Waals surface area contributed by atoms with Gasteiger partial charge in [0.25, 0.3) is 10.0 Å². The van der Waals surface area contributed by atoms with Crippen LogP contribution in [0.5, 0.6) is 0 Å². The van der Waals surface area contributed by atoms with Gasteiger partial charge in [0.05, 0.1) is 16.1 Å². The summed E-state index contributed by atoms with van der Waals surface area (Å²) in [6.45, 7) is 4.10. The van der Waals surface area contributed by atoms with Gasteiger partial charge < -0.3 is 14.9 Å². The molecule has 0 saturated carbocycles. The summed E-state index contributed by atoms with van der Waals surface area (Å²) < 4.78 is 27.7. The van der Waals surface area contributed by atoms with Crippen LogP contribution in [0.15, 0.2) is 77.7 Å². The minimum absolute atomic E-state index is 0.0204. The number of carboxylic acid groups (broad SMARTS) is 1. The molecule has 3 aromatic rings. The number of nitrogens with zero attached hydrogens (tertiary/aromatic N) is 2. The third-order valence-electron chi connectivity index (χ3n) is 5.79. The van der Waals surface area contributed by atoms with Crippen molar-refractivity contribution in [3.05, 3.63) is 83.9 Å². The highest BCUT2D eigenvalue weighted by Crippen LogP contribution is 2.28. The normalized spacial score (nSPS) is 14.0. The van der Waals surface area contributed by atoms with Gasteiger partial charge in [-0.3, -0.25) is 9.52 Å². The number of aromatic carboxylic acids is 1. The van der Waals surface area contributed by atoms with Crippen molar-refractivity contribution in [3.8, 4) is 0 Å². The first kappa shape index (κ1) is 23.3. The highest BCUT2D eigenvalue weighted by Gasteiger charge is 2.23. The van der Waals surface area contributed by atoms with Crippen molar-refractivity contribution in [1.82, 2.24) is 0 Å². The average Bonchev–Trinajstić information content (AvgIpc) is 2.84. The Morgan fingerprint density at radius 2 is 1.47 bits per heavy atom. The number of anilines is 3. The van der Waals surface area contributed by atoms with Crippen molar-refractivity contribution < 1.29 is 23.1 Å². The van der Waals surface area contributed by atoms with Gasteiger partial charge in [0, 0.05) is 43.1 Å². The number of sulfonamides is 1. The predicted octanol–water partition coefficient (Wildman–Crippen LogP) is 3.71. The molecule has 0 aliphatic carbocycles. The molecule has 1 saturated heterocycles. The fourth-order valence-corrected chi connectivity index (χ4v) is 5.04. The topological polar surface area (TPSA) is 107 Å². The van der Waals surface area contributed by atoms with E-state index in [1.807, 2.05) is 29.2 Å². The molecule has 8 nitrogen and oxygen atoms in total. The quantitative estimate of drug-likeness (QED) is 0.498. The standard InChI is InChI=1S/C25H25N3O5S/c1-18(29)19-7-10-21(11-8-19)27-13-15-28(16-14-27)24-12-9-20(17-23(24)25(30)31)26-34(32,33)22-5-3-2-4-6-22/h2-12,17,26H,13-16H2,1H3,(H,30,31). The molecule has 34 heavy (non-hydrogen) atoms. The van der Waals surface area contributed by atoms with E-state index < -0.39 is 16.0 Å². The molecule has 4 rings (SSSR count). The first-order chi connectivity index (χ1) is 16.2. The number of carbonyl (C=O) groups excluding carboxylic acids is 1. The number of benzene rings is 3. The number of Topliss-reactive ketones (excluding diaryl/α,β-unsaturated/α-hetero) is 1. The van der Waals surface area contributed by atoms with Crippen LogP contribution in [0.25, 0.3) is 0 Å². The van der Waals surface area contributed by atoms with Crippen molar-refractivity contribution in [3.63, 3.8) is 0 Å². The van der Waals surface area contributed by atoms with E-state index in [0.717, 1.165) is 5.69 Å². The predicted molar refractivity (Wildman–Crippen MR) is 132 cm³/mol. The summed E-state index contributed by atoms with van der Waals surface area (Å²) in [6, 6.07) is 19.9. The molecule has 0 radical (unpaired) electrons. The van der Waals surface area contributed by atoms with Gasteiger partial charge in [0.15, 0.2) is 5.78 Å². The Labute approximate surface area is 198 Å². The van der Waals surface area contributed by atoms with Gasteiger partial charge in [-0.25, -0.2) is 13.2 Å². The summed E-state index contributed by atoms with van der Waals surface area (Å²) in [4.78, 5) is 27.7. The van der Waals surface area contributed by atoms with Crippen LogP contribution in [-0.4, -0.2) is 51.5 Å². The Morgan fingerprint density at radius 3 is 2.06 bits per heavy atom. The van der Waals surface area contributed by atoms with Crippen molar-refractivity contribution >= 4 is 38.8 Å². The van der Waals surface area contributed by atoms with Gasteiger partial charge in [0.1, 0.15) is 0 Å². The highest BCUT2D eigenvalue weighted by atomic mass is 32.2. The Balaban J connectivity index is 1.49. The van der Waals surface area contributed by atoms with E-state index in [-0.39, 0.29) is 21.9 Å². The Morgan fingerprint density at radius 1 is 0.853 bits per heavy atom. The smallest absolute Gasteiger partial charge is 0.337 e. The van der Waals surface area contributed by atoms with Crippen molar-refractivity contribution in [2.45, 2.75) is 11.8 Å². The Kier molecular flexibility index (Phi) is 6.56. The van der Waals surface area contributed by atoms with Crippen LogP contribution in [0.1, 0.15) is 27.6 Å². The van der Waals surface area contributed by atoms with Gasteiger partial charge in [-0.2, -0.15) is 0 Å². The summed E-state index contributed by atoms with van der Waals surface area (Å²) >= 11 is 0. The SMILES string of the molecule is CC(=O)c1ccc(N2CCN(c3ccc(NS(=O)(=O)c4ccccc4)cc3C(=O)O)CC2)cc1. The van der Waals surface area contributed by atoms with Crippen molar-refractivity contribution in [1.29, 1.82) is 0 Å². The molecular weight excluding hydrogens is 454 g/mol. The molecule has 0 unspecified atom stereocenters. The van der Waals surface area contributed by atoms with Crippen LogP contribution >= 0.6 is 0 Å². The molecule has 0 amide bonds. The number of rotatable bonds is 7. The summed E-state index contributed by atoms with van der Waals surface area (Å²) in [7, 11) is -3.82. The second-order valence-electron chi connectivity index (χ2n) is 8.03. The number of hydrogen-bond donors (Lipinski definition) is 2. The molecule has 1 aliphatic heterocycles. The third-order valence-corrected chi connectivity index (χ3v) is 7.19. The molecule has 0 aromatic heterocycles. The molecular formula is C25H25N3O5S. The molecule has 1 heterocycles. The number of piperazine rings is 1. The van der Waals surface area contributed by atoms with E-state index in [9.17, 15) is 23.1 Å². The van der Waals surface area contributed by atoms with Crippen LogP contribution < -0.4 is 14.5 Å². The second-order valence-corrected chi connectivity index (χ2v) is 9.72. The van der Waals surface area contributed by atoms with Gasteiger partial charge >= 0.3 is 5.97 Å². The van der Waals surface area contributed by atoms with E-state index in [2.05, 4.69) is 9.62 Å². The van der Waals surface area contributed by atoms with E-state index >= 15 is 0 Å². The molecule has 2 N–H and O–H groups in total. The van der Waals surface area contributed by atoms with Crippen LogP contribution in [0.3, 0.4) is 0 Å². The number of hydrogen-bond acceptors (Lipinski definition) is 6. The van der Waals surface area contributed by atoms with Gasteiger partial charge in [-0.15, -0.1) is 0 Å². The van der Waals surface area contributed by atoms with Crippen LogP contribution in [0, 0.1) is 0 Å². The minimum Gasteiger partial charge on any atom is -0.478 e. The average molecular weight is 480 g/mol. The molecule has 1 fully saturated rings. The number of ketones is 1. The van der Waals surface area contributed by atoms with Gasteiger partial charge in [-0.05, 0) is 61.5 Å². The molecule has 0 atom stereocenters. The second kappa shape index (κ2) is 9.56. The lowest BCUT2D eigenvalue weighted by Gasteiger charge is -2.38. The molecule has 1 aliphatic rings. The Hall–Kier alpha value is -3.85. The van der Waals surface area contributed by atoms with Crippen molar-refractivity contribution in [2.75, 3.05) is 40.7 Å². The summed E-state index contributed by atoms with van der Waals surface area (Å²) in [5.41, 5.74) is 2.44. The number of carboxylic acids is 1. The lowest BCUT2D eigenvalue weighted by Crippen LogP contribution is -2.47. The van der Waals surface area contributed by atoms with Gasteiger partial charge in [0.2, 0.25) is 0 Å². The van der Waals surface area contributed by atoms with E-state index in [4.69, 9.17) is 0 Å². The molecule has 0 spiro atoms. The zero-order valence-corrected chi connectivity index (χ0v) is 19.5. The van der Waals surface area contributed by atoms with E-state index in [1.165, 1.54) is 25.1 Å². The third kappa shape index (κ3) is 5.04. The summed E-state index contributed by atoms with van der Waals surface area (Å²) in [6.07, 6.45) is 0. The maximum Gasteiger partial charge on any atom is 0.337 e. The van der Waals surface area contributed by atoms with E-state index in [0.29, 0.717) is 37.4 Å². The highest BCUT2D eigenvalue weighted by molar-refractivity contribution is 7.92. The lowest BCUT2D eigenvalue weighted by molar-refractivity contribution is 0.0697. The molecule has 176 valence electrons. The molecule has 9 heteroatoms. The monoisotopic (exact) mass is 479 g/mol. The lowest BCUT2D eigenvalue weighted by atomic mass is 10.1. The number of carbonyl (C=O) groups is 2. The number of nitrogens with one attached hydrogen (secondary N) is 1. The van der Waals surface area contributed by atoms with Crippen molar-refractivity contribution in [2.24, 2.45) is 0 Å². The summed E-state index contributed by atoms with van der Waals surface area (Å²) in [5, 5.41) is 9.80. The largest absolute Gasteiger partial charge is 0.478 e. The van der Waals surface area contributed by atoms with Crippen LogP contribution in [0.4, 0.5) is 17.1 Å². The van der Waals surface area contributed by atoms with Gasteiger partial charge in [-0.1, -0.05) is 18.2 Å². The van der Waals surface area contributed by atoms with Crippen LogP contribution in [-0.2, 0) is 10.0 Å². The zero-order chi connectivity index (χ0) is 24.3. The maximum atomic E-state index is 12.6. The maximum absolute atomic E-state index is 12.6. The van der Waals surface area contributed by atoms with Crippen LogP contribution in [0.2, 0.25) is 0 Å². The fraction of sp³-hybridized carbons (Fsp3) is 0.200.